The van der Waals surface area contributed by atoms with Crippen LogP contribution >= 0.6 is 0 Å². The Morgan fingerprint density at radius 1 is 0.567 bits per heavy atom. The molecule has 0 saturated carbocycles. The fourth-order valence-electron chi connectivity index (χ4n) is 5.97. The van der Waals surface area contributed by atoms with Gasteiger partial charge in [0.05, 0.1) is 6.61 Å². The first kappa shape index (κ1) is 54.8. The molecule has 0 aliphatic carbocycles. The van der Waals surface area contributed by atoms with Gasteiger partial charge in [0.25, 0.3) is 10.1 Å². The predicted molar refractivity (Wildman–Crippen MR) is 238 cm³/mol. The summed E-state index contributed by atoms with van der Waals surface area (Å²) in [7, 11) is -4.62. The Balaban J connectivity index is 2.54. The van der Waals surface area contributed by atoms with Crippen molar-refractivity contribution in [2.45, 2.75) is 179 Å². The molecule has 12 nitrogen and oxygen atoms in total. The standard InChI is InChI=1S/C47H76O12S/c1-3-5-7-9-11-13-15-17-19-20-22-23-25-27-29-31-33-35-42(48)56-37-40(38-57-47-46(52)45(51)44(50)41(59-47)39-60(53,54)55)58-43(49)36-34-32-30-28-26-24-21-18-16-14-12-10-8-6-4-2/h11-14,17-19,21-23,26-29,40-41,44-47,50-52H,3-10,15-16,20,24-25,30-39H2,1-2H3,(H,53,54,55)/b13-11+,14-12+,19-17+,21-18+,23-22+,28-26+,29-27+/t40-,41-,44-,45?,46?,47+/m1/s1. The molecule has 1 saturated heterocycles. The van der Waals surface area contributed by atoms with E-state index in [4.69, 9.17) is 18.9 Å². The van der Waals surface area contributed by atoms with Crippen molar-refractivity contribution in [3.05, 3.63) is 85.1 Å². The second-order valence-corrected chi connectivity index (χ2v) is 16.5. The SMILES string of the molecule is CCCCC/C=C/C/C=C/C/C=C/C/C=C/CCCC(=O)OC[C@H](CO[C@H]1O[C@H](CS(=O)(=O)O)[C@@H](O)C(O)C1O)OC(=O)CCCC/C=C/C/C=C/C/C=C/CCCCC. The lowest BCUT2D eigenvalue weighted by molar-refractivity contribution is -0.297. The lowest BCUT2D eigenvalue weighted by Crippen LogP contribution is -2.60. The number of unbranched alkanes of at least 4 members (excludes halogenated alkanes) is 9. The maximum absolute atomic E-state index is 12.8. The van der Waals surface area contributed by atoms with Crippen LogP contribution in [-0.4, -0.2) is 96.0 Å². The van der Waals surface area contributed by atoms with Gasteiger partial charge in [-0.25, -0.2) is 0 Å². The first-order valence-electron chi connectivity index (χ1n) is 22.1. The molecule has 1 heterocycles. The third-order valence-electron chi connectivity index (χ3n) is 9.45. The van der Waals surface area contributed by atoms with Crippen molar-refractivity contribution in [2.75, 3.05) is 19.0 Å². The highest BCUT2D eigenvalue weighted by atomic mass is 32.2. The van der Waals surface area contributed by atoms with Crippen LogP contribution in [0.3, 0.4) is 0 Å². The number of carbonyl (C=O) groups excluding carboxylic acids is 2. The molecule has 0 aromatic rings. The molecule has 0 bridgehead atoms. The van der Waals surface area contributed by atoms with Crippen LogP contribution in [0.25, 0.3) is 0 Å². The third kappa shape index (κ3) is 30.8. The summed E-state index contributed by atoms with van der Waals surface area (Å²) in [5, 5.41) is 30.8. The lowest BCUT2D eigenvalue weighted by atomic mass is 10.00. The predicted octanol–water partition coefficient (Wildman–Crippen LogP) is 8.89. The molecule has 0 aromatic carbocycles. The zero-order chi connectivity index (χ0) is 44.1. The molecule has 4 N–H and O–H groups in total. The third-order valence-corrected chi connectivity index (χ3v) is 10.2. The molecule has 1 rings (SSSR count). The zero-order valence-corrected chi connectivity index (χ0v) is 37.1. The summed E-state index contributed by atoms with van der Waals surface area (Å²) in [5.74, 6) is -2.12. The summed E-state index contributed by atoms with van der Waals surface area (Å²) in [6.07, 6.45) is 37.8. The number of esters is 2. The van der Waals surface area contributed by atoms with Crippen molar-refractivity contribution in [1.82, 2.24) is 0 Å². The molecule has 0 aromatic heterocycles. The zero-order valence-electron chi connectivity index (χ0n) is 36.3. The fourth-order valence-corrected chi connectivity index (χ4v) is 6.66. The van der Waals surface area contributed by atoms with Gasteiger partial charge in [-0.05, 0) is 89.9 Å². The van der Waals surface area contributed by atoms with Crippen LogP contribution in [0.4, 0.5) is 0 Å². The van der Waals surface area contributed by atoms with Crippen molar-refractivity contribution in [1.29, 1.82) is 0 Å². The molecule has 0 radical (unpaired) electrons. The molecule has 1 aliphatic rings. The molecule has 342 valence electrons. The Morgan fingerprint density at radius 2 is 1.00 bits per heavy atom. The highest BCUT2D eigenvalue weighted by Gasteiger charge is 2.46. The fraction of sp³-hybridized carbons (Fsp3) is 0.660. The van der Waals surface area contributed by atoms with E-state index in [-0.39, 0.29) is 19.4 Å². The van der Waals surface area contributed by atoms with Gasteiger partial charge in [0.2, 0.25) is 0 Å². The topological polar surface area (TPSA) is 186 Å². The Bertz CT molecular complexity index is 1430. The van der Waals surface area contributed by atoms with Crippen LogP contribution in [0.1, 0.15) is 142 Å². The quantitative estimate of drug-likeness (QED) is 0.0206. The Hall–Kier alpha value is -3.17. The van der Waals surface area contributed by atoms with Gasteiger partial charge in [0.1, 0.15) is 36.8 Å². The maximum atomic E-state index is 12.8. The van der Waals surface area contributed by atoms with Gasteiger partial charge >= 0.3 is 11.9 Å². The Kier molecular flexibility index (Phi) is 33.3. The Labute approximate surface area is 360 Å². The van der Waals surface area contributed by atoms with E-state index in [1.54, 1.807) is 0 Å². The van der Waals surface area contributed by atoms with Gasteiger partial charge in [-0.3, -0.25) is 14.1 Å². The van der Waals surface area contributed by atoms with Crippen molar-refractivity contribution in [2.24, 2.45) is 0 Å². The molecule has 6 atom stereocenters. The van der Waals surface area contributed by atoms with Crippen molar-refractivity contribution < 1.29 is 56.8 Å². The number of allylic oxidation sites excluding steroid dienone is 14. The number of carbonyl (C=O) groups is 2. The van der Waals surface area contributed by atoms with Gasteiger partial charge in [0, 0.05) is 12.8 Å². The van der Waals surface area contributed by atoms with Gasteiger partial charge in [-0.15, -0.1) is 0 Å². The Morgan fingerprint density at radius 3 is 1.47 bits per heavy atom. The minimum absolute atomic E-state index is 0.0990. The van der Waals surface area contributed by atoms with E-state index in [9.17, 15) is 37.9 Å². The van der Waals surface area contributed by atoms with Gasteiger partial charge in [-0.2, -0.15) is 8.42 Å². The molecular weight excluding hydrogens is 789 g/mol. The summed E-state index contributed by atoms with van der Waals surface area (Å²) in [6, 6.07) is 0. The van der Waals surface area contributed by atoms with Crippen LogP contribution < -0.4 is 0 Å². The number of aliphatic hydroxyl groups is 3. The average molecular weight is 865 g/mol. The highest BCUT2D eigenvalue weighted by molar-refractivity contribution is 7.85. The molecule has 1 fully saturated rings. The van der Waals surface area contributed by atoms with E-state index >= 15 is 0 Å². The van der Waals surface area contributed by atoms with Crippen molar-refractivity contribution in [3.63, 3.8) is 0 Å². The number of aliphatic hydroxyl groups excluding tert-OH is 3. The van der Waals surface area contributed by atoms with Crippen LogP contribution in [0.5, 0.6) is 0 Å². The summed E-state index contributed by atoms with van der Waals surface area (Å²) in [6.45, 7) is 3.60. The van der Waals surface area contributed by atoms with Crippen LogP contribution in [0.15, 0.2) is 85.1 Å². The first-order valence-corrected chi connectivity index (χ1v) is 23.8. The van der Waals surface area contributed by atoms with E-state index in [2.05, 4.69) is 86.8 Å². The first-order chi connectivity index (χ1) is 29.0. The minimum Gasteiger partial charge on any atom is -0.462 e. The molecule has 2 unspecified atom stereocenters. The normalized spacial score (nSPS) is 20.9. The van der Waals surface area contributed by atoms with E-state index in [1.165, 1.54) is 38.5 Å². The van der Waals surface area contributed by atoms with E-state index in [0.717, 1.165) is 57.8 Å². The molecule has 13 heteroatoms. The number of rotatable bonds is 35. The summed E-state index contributed by atoms with van der Waals surface area (Å²) in [4.78, 5) is 25.3. The molecule has 1 aliphatic heterocycles. The molecular formula is C47H76O12S. The van der Waals surface area contributed by atoms with Gasteiger partial charge < -0.3 is 34.3 Å². The van der Waals surface area contributed by atoms with Gasteiger partial charge in [0.15, 0.2) is 12.4 Å². The van der Waals surface area contributed by atoms with Crippen LogP contribution in [0, 0.1) is 0 Å². The average Bonchev–Trinajstić information content (AvgIpc) is 3.21. The molecule has 0 amide bonds. The summed E-state index contributed by atoms with van der Waals surface area (Å²) in [5.41, 5.74) is 0. The smallest absolute Gasteiger partial charge is 0.306 e. The van der Waals surface area contributed by atoms with Gasteiger partial charge in [-0.1, -0.05) is 125 Å². The van der Waals surface area contributed by atoms with Crippen molar-refractivity contribution >= 4 is 22.1 Å². The maximum Gasteiger partial charge on any atom is 0.306 e. The number of ether oxygens (including phenoxy) is 4. The largest absolute Gasteiger partial charge is 0.462 e. The van der Waals surface area contributed by atoms with E-state index in [0.29, 0.717) is 19.3 Å². The van der Waals surface area contributed by atoms with Crippen LogP contribution in [-0.2, 0) is 38.7 Å². The second kappa shape index (κ2) is 36.5. The van der Waals surface area contributed by atoms with E-state index in [1.807, 2.05) is 12.2 Å². The summed E-state index contributed by atoms with van der Waals surface area (Å²) < 4.78 is 53.9. The number of hydrogen-bond donors (Lipinski definition) is 4. The minimum atomic E-state index is -4.62. The lowest BCUT2D eigenvalue weighted by Gasteiger charge is -2.40. The second-order valence-electron chi connectivity index (χ2n) is 15.0. The van der Waals surface area contributed by atoms with E-state index < -0.39 is 71.2 Å². The highest BCUT2D eigenvalue weighted by Crippen LogP contribution is 2.24. The van der Waals surface area contributed by atoms with Crippen molar-refractivity contribution in [3.8, 4) is 0 Å². The molecule has 0 spiro atoms. The number of hydrogen-bond acceptors (Lipinski definition) is 11. The molecule has 60 heavy (non-hydrogen) atoms. The summed E-state index contributed by atoms with van der Waals surface area (Å²) >= 11 is 0. The van der Waals surface area contributed by atoms with Crippen LogP contribution in [0.2, 0.25) is 0 Å². The monoisotopic (exact) mass is 865 g/mol.